The van der Waals surface area contributed by atoms with Crippen LogP contribution in [0.5, 0.6) is 0 Å². The molecule has 0 aliphatic carbocycles. The van der Waals surface area contributed by atoms with Crippen LogP contribution in [0.25, 0.3) is 0 Å². The first-order valence-electron chi connectivity index (χ1n) is 6.96. The summed E-state index contributed by atoms with van der Waals surface area (Å²) in [4.78, 5) is 0. The molecular formula is C14H20Cl2N2O2S. The Bertz CT molecular complexity index is 607. The Morgan fingerprint density at radius 3 is 2.76 bits per heavy atom. The average molecular weight is 351 g/mol. The molecule has 0 saturated carbocycles. The highest BCUT2D eigenvalue weighted by atomic mass is 35.5. The zero-order chi connectivity index (χ0) is 15.6. The fourth-order valence-corrected chi connectivity index (χ4v) is 4.42. The van der Waals surface area contributed by atoms with Gasteiger partial charge in [0.2, 0.25) is 0 Å². The molecule has 0 amide bonds. The van der Waals surface area contributed by atoms with Gasteiger partial charge >= 0.3 is 0 Å². The molecule has 21 heavy (non-hydrogen) atoms. The first-order valence-corrected chi connectivity index (χ1v) is 9.12. The normalized spacial score (nSPS) is 20.9. The summed E-state index contributed by atoms with van der Waals surface area (Å²) in [5.74, 6) is 0.400. The van der Waals surface area contributed by atoms with Gasteiger partial charge in [-0.25, -0.2) is 0 Å². The van der Waals surface area contributed by atoms with Crippen LogP contribution in [0, 0.1) is 5.92 Å². The van der Waals surface area contributed by atoms with E-state index in [1.165, 1.54) is 4.31 Å². The Labute approximate surface area is 136 Å². The molecule has 1 atom stereocenters. The predicted molar refractivity (Wildman–Crippen MR) is 86.8 cm³/mol. The Kier molecular flexibility index (Phi) is 5.54. The molecular weight excluding hydrogens is 331 g/mol. The van der Waals surface area contributed by atoms with E-state index in [2.05, 4.69) is 6.92 Å². The molecule has 118 valence electrons. The minimum atomic E-state index is -3.46. The Balaban J connectivity index is 2.15. The fraction of sp³-hybridized carbons (Fsp3) is 0.571. The van der Waals surface area contributed by atoms with Crippen molar-refractivity contribution in [3.05, 3.63) is 33.8 Å². The van der Waals surface area contributed by atoms with Crippen molar-refractivity contribution in [1.29, 1.82) is 0 Å². The molecule has 0 aromatic heterocycles. The fourth-order valence-electron chi connectivity index (χ4n) is 2.55. The number of halogens is 2. The number of hydrogen-bond acceptors (Lipinski definition) is 2. The molecule has 1 saturated heterocycles. The minimum absolute atomic E-state index is 0.215. The second kappa shape index (κ2) is 6.84. The maximum absolute atomic E-state index is 12.6. The number of nitrogens with zero attached hydrogens (tertiary/aromatic N) is 2. The topological polar surface area (TPSA) is 40.6 Å². The van der Waals surface area contributed by atoms with Gasteiger partial charge in [0.05, 0.1) is 10.0 Å². The number of benzene rings is 1. The molecule has 4 nitrogen and oxygen atoms in total. The average Bonchev–Trinajstić information content (AvgIpc) is 2.43. The summed E-state index contributed by atoms with van der Waals surface area (Å²) < 4.78 is 28.1. The van der Waals surface area contributed by atoms with Crippen molar-refractivity contribution in [2.45, 2.75) is 26.3 Å². The maximum Gasteiger partial charge on any atom is 0.282 e. The SMILES string of the molecule is CC1CCCN(S(=O)(=O)N(C)Cc2cccc(Cl)c2Cl)C1. The van der Waals surface area contributed by atoms with Gasteiger partial charge in [0.15, 0.2) is 0 Å². The highest BCUT2D eigenvalue weighted by Crippen LogP contribution is 2.27. The van der Waals surface area contributed by atoms with Crippen LogP contribution in [0.15, 0.2) is 18.2 Å². The molecule has 0 bridgehead atoms. The van der Waals surface area contributed by atoms with E-state index in [1.54, 1.807) is 29.6 Å². The Hall–Kier alpha value is -0.330. The number of hydrogen-bond donors (Lipinski definition) is 0. The summed E-state index contributed by atoms with van der Waals surface area (Å²) in [5, 5.41) is 0.847. The van der Waals surface area contributed by atoms with Crippen LogP contribution in [0.4, 0.5) is 0 Å². The van der Waals surface area contributed by atoms with Crippen LogP contribution in [0.1, 0.15) is 25.3 Å². The molecule has 0 spiro atoms. The van der Waals surface area contributed by atoms with E-state index in [-0.39, 0.29) is 6.54 Å². The molecule has 1 heterocycles. The molecule has 1 aromatic rings. The third-order valence-corrected chi connectivity index (χ3v) is 6.52. The van der Waals surface area contributed by atoms with E-state index >= 15 is 0 Å². The Morgan fingerprint density at radius 2 is 2.10 bits per heavy atom. The second-order valence-corrected chi connectivity index (χ2v) is 8.40. The predicted octanol–water partition coefficient (Wildman–Crippen LogP) is 3.40. The zero-order valence-corrected chi connectivity index (χ0v) is 14.5. The lowest BCUT2D eigenvalue weighted by Gasteiger charge is -2.33. The van der Waals surface area contributed by atoms with Gasteiger partial charge in [-0.2, -0.15) is 17.0 Å². The van der Waals surface area contributed by atoms with Gasteiger partial charge in [0.1, 0.15) is 0 Å². The van der Waals surface area contributed by atoms with Gasteiger partial charge in [0, 0.05) is 26.7 Å². The van der Waals surface area contributed by atoms with Crippen molar-refractivity contribution < 1.29 is 8.42 Å². The molecule has 0 N–H and O–H groups in total. The summed E-state index contributed by atoms with van der Waals surface area (Å²) in [6.45, 7) is 3.46. The molecule has 1 aliphatic heterocycles. The van der Waals surface area contributed by atoms with Gasteiger partial charge in [-0.15, -0.1) is 0 Å². The first kappa shape index (κ1) is 17.0. The molecule has 1 aliphatic rings. The molecule has 1 fully saturated rings. The lowest BCUT2D eigenvalue weighted by molar-refractivity contribution is 0.263. The van der Waals surface area contributed by atoms with E-state index in [1.807, 2.05) is 0 Å². The highest BCUT2D eigenvalue weighted by Gasteiger charge is 2.30. The van der Waals surface area contributed by atoms with E-state index in [0.717, 1.165) is 12.8 Å². The summed E-state index contributed by atoms with van der Waals surface area (Å²) >= 11 is 12.1. The largest absolute Gasteiger partial charge is 0.282 e. The Morgan fingerprint density at radius 1 is 1.38 bits per heavy atom. The summed E-state index contributed by atoms with van der Waals surface area (Å²) in [6, 6.07) is 5.25. The number of piperidine rings is 1. The molecule has 7 heteroatoms. The number of rotatable bonds is 4. The smallest absolute Gasteiger partial charge is 0.195 e. The minimum Gasteiger partial charge on any atom is -0.195 e. The summed E-state index contributed by atoms with van der Waals surface area (Å²) in [7, 11) is -1.88. The lowest BCUT2D eigenvalue weighted by Crippen LogP contribution is -2.46. The monoisotopic (exact) mass is 350 g/mol. The highest BCUT2D eigenvalue weighted by molar-refractivity contribution is 7.86. The van der Waals surface area contributed by atoms with Crippen LogP contribution < -0.4 is 0 Å². The van der Waals surface area contributed by atoms with Crippen LogP contribution >= 0.6 is 23.2 Å². The van der Waals surface area contributed by atoms with Crippen molar-refractivity contribution in [1.82, 2.24) is 8.61 Å². The summed E-state index contributed by atoms with van der Waals surface area (Å²) in [6.07, 6.45) is 1.99. The molecule has 2 rings (SSSR count). The van der Waals surface area contributed by atoms with Crippen molar-refractivity contribution >= 4 is 33.4 Å². The van der Waals surface area contributed by atoms with E-state index in [9.17, 15) is 8.42 Å². The quantitative estimate of drug-likeness (QED) is 0.834. The summed E-state index contributed by atoms with van der Waals surface area (Å²) in [5.41, 5.74) is 0.709. The van der Waals surface area contributed by atoms with Gasteiger partial charge in [-0.3, -0.25) is 0 Å². The maximum atomic E-state index is 12.6. The van der Waals surface area contributed by atoms with Crippen LogP contribution in [0.3, 0.4) is 0 Å². The van der Waals surface area contributed by atoms with Gasteiger partial charge in [-0.05, 0) is 30.4 Å². The van der Waals surface area contributed by atoms with Crippen LogP contribution in [-0.4, -0.2) is 37.2 Å². The first-order chi connectivity index (χ1) is 9.82. The molecule has 1 aromatic carbocycles. The van der Waals surface area contributed by atoms with Gasteiger partial charge < -0.3 is 0 Å². The zero-order valence-electron chi connectivity index (χ0n) is 12.2. The van der Waals surface area contributed by atoms with Crippen molar-refractivity contribution in [2.24, 2.45) is 5.92 Å². The van der Waals surface area contributed by atoms with E-state index < -0.39 is 10.2 Å². The van der Waals surface area contributed by atoms with Gasteiger partial charge in [-0.1, -0.05) is 42.3 Å². The van der Waals surface area contributed by atoms with Crippen LogP contribution in [-0.2, 0) is 16.8 Å². The van der Waals surface area contributed by atoms with Gasteiger partial charge in [0.25, 0.3) is 10.2 Å². The second-order valence-electron chi connectivity index (χ2n) is 5.58. The standard InChI is InChI=1S/C14H20Cl2N2O2S/c1-11-5-4-8-18(9-11)21(19,20)17(2)10-12-6-3-7-13(15)14(12)16/h3,6-7,11H,4-5,8-10H2,1-2H3. The molecule has 1 unspecified atom stereocenters. The third kappa shape index (κ3) is 3.90. The molecule has 0 radical (unpaired) electrons. The van der Waals surface area contributed by atoms with E-state index in [0.29, 0.717) is 34.6 Å². The van der Waals surface area contributed by atoms with Crippen molar-refractivity contribution in [3.63, 3.8) is 0 Å². The van der Waals surface area contributed by atoms with Crippen LogP contribution in [0.2, 0.25) is 10.0 Å². The van der Waals surface area contributed by atoms with Crippen molar-refractivity contribution in [2.75, 3.05) is 20.1 Å². The van der Waals surface area contributed by atoms with Crippen molar-refractivity contribution in [3.8, 4) is 0 Å². The van der Waals surface area contributed by atoms with E-state index in [4.69, 9.17) is 23.2 Å². The third-order valence-electron chi connectivity index (χ3n) is 3.76. The lowest BCUT2D eigenvalue weighted by atomic mass is 10.0.